The summed E-state index contributed by atoms with van der Waals surface area (Å²) >= 11 is 3.48. The van der Waals surface area contributed by atoms with Gasteiger partial charge in [-0.05, 0) is 28.1 Å². The maximum absolute atomic E-state index is 5.59. The smallest absolute Gasteiger partial charge is 0.123 e. The summed E-state index contributed by atoms with van der Waals surface area (Å²) in [5, 5.41) is 0. The number of rotatable bonds is 2. The van der Waals surface area contributed by atoms with E-state index in [0.29, 0.717) is 6.54 Å². The van der Waals surface area contributed by atoms with Crippen molar-refractivity contribution >= 4 is 15.9 Å². The molecule has 0 saturated carbocycles. The van der Waals surface area contributed by atoms with E-state index in [4.69, 9.17) is 5.73 Å². The van der Waals surface area contributed by atoms with Crippen molar-refractivity contribution in [3.05, 3.63) is 34.8 Å². The van der Waals surface area contributed by atoms with Crippen LogP contribution in [0.15, 0.2) is 29.0 Å². The highest BCUT2D eigenvalue weighted by atomic mass is 79.9. The van der Waals surface area contributed by atoms with Crippen molar-refractivity contribution in [3.63, 3.8) is 0 Å². The maximum Gasteiger partial charge on any atom is 0.123 e. The lowest BCUT2D eigenvalue weighted by atomic mass is 10.3. The monoisotopic (exact) mass is 266 g/mol. The first-order valence-corrected chi connectivity index (χ1v) is 5.36. The molecule has 2 heterocycles. The lowest BCUT2D eigenvalue weighted by Gasteiger charge is -1.98. The van der Waals surface area contributed by atoms with Crippen LogP contribution < -0.4 is 5.73 Å². The first-order valence-electron chi connectivity index (χ1n) is 4.56. The molecule has 0 radical (unpaired) electrons. The van der Waals surface area contributed by atoms with Gasteiger partial charge >= 0.3 is 0 Å². The minimum Gasteiger partial charge on any atom is -0.324 e. The van der Waals surface area contributed by atoms with Crippen molar-refractivity contribution in [2.24, 2.45) is 12.8 Å². The minimum atomic E-state index is 0.419. The fraction of sp³-hybridized carbons (Fsp3) is 0.200. The third kappa shape index (κ3) is 1.80. The quantitative estimate of drug-likeness (QED) is 0.901. The molecule has 0 fully saturated rings. The van der Waals surface area contributed by atoms with Gasteiger partial charge < -0.3 is 10.3 Å². The van der Waals surface area contributed by atoms with Crippen molar-refractivity contribution < 1.29 is 0 Å². The first kappa shape index (κ1) is 10.3. The zero-order chi connectivity index (χ0) is 10.8. The molecule has 4 nitrogen and oxygen atoms in total. The highest BCUT2D eigenvalue weighted by Gasteiger charge is 2.13. The second-order valence-corrected chi connectivity index (χ2v) is 3.90. The Bertz CT molecular complexity index is 464. The van der Waals surface area contributed by atoms with Gasteiger partial charge in [0.25, 0.3) is 0 Å². The topological polar surface area (TPSA) is 56.7 Å². The number of pyridine rings is 1. The molecule has 5 heteroatoms. The highest BCUT2D eigenvalue weighted by molar-refractivity contribution is 9.10. The maximum atomic E-state index is 5.59. The molecule has 78 valence electrons. The normalized spacial score (nSPS) is 10.6. The largest absolute Gasteiger partial charge is 0.324 e. The average molecular weight is 267 g/mol. The number of nitrogens with two attached hydrogens (primary N) is 1. The van der Waals surface area contributed by atoms with Gasteiger partial charge in [0.15, 0.2) is 0 Å². The van der Waals surface area contributed by atoms with E-state index < -0.39 is 0 Å². The van der Waals surface area contributed by atoms with Crippen molar-refractivity contribution in [2.45, 2.75) is 6.54 Å². The summed E-state index contributed by atoms with van der Waals surface area (Å²) in [5.41, 5.74) is 7.27. The second kappa shape index (κ2) is 4.12. The van der Waals surface area contributed by atoms with E-state index in [0.717, 1.165) is 21.8 Å². The molecule has 0 aliphatic rings. The van der Waals surface area contributed by atoms with Crippen LogP contribution in [0.1, 0.15) is 5.82 Å². The molecule has 2 N–H and O–H groups in total. The Morgan fingerprint density at radius 1 is 1.47 bits per heavy atom. The SMILES string of the molecule is Cn1c(CN)nc(-c2ccccn2)c1Br. The first-order chi connectivity index (χ1) is 7.24. The van der Waals surface area contributed by atoms with E-state index in [9.17, 15) is 0 Å². The minimum absolute atomic E-state index is 0.419. The van der Waals surface area contributed by atoms with Crippen LogP contribution in [0.5, 0.6) is 0 Å². The predicted octanol–water partition coefficient (Wildman–Crippen LogP) is 1.70. The number of hydrogen-bond donors (Lipinski definition) is 1. The summed E-state index contributed by atoms with van der Waals surface area (Å²) in [6.07, 6.45) is 1.75. The lowest BCUT2D eigenvalue weighted by Crippen LogP contribution is -2.04. The van der Waals surface area contributed by atoms with E-state index in [-0.39, 0.29) is 0 Å². The van der Waals surface area contributed by atoms with Gasteiger partial charge in [-0.25, -0.2) is 4.98 Å². The fourth-order valence-corrected chi connectivity index (χ4v) is 1.87. The molecular weight excluding hydrogens is 256 g/mol. The Morgan fingerprint density at radius 3 is 2.80 bits per heavy atom. The van der Waals surface area contributed by atoms with Gasteiger partial charge in [-0.15, -0.1) is 0 Å². The van der Waals surface area contributed by atoms with Crippen LogP contribution in [0.4, 0.5) is 0 Å². The van der Waals surface area contributed by atoms with E-state index >= 15 is 0 Å². The molecule has 0 spiro atoms. The average Bonchev–Trinajstić information content (AvgIpc) is 2.57. The number of nitrogens with zero attached hydrogens (tertiary/aromatic N) is 3. The molecule has 0 aliphatic heterocycles. The van der Waals surface area contributed by atoms with Crippen LogP contribution in [0.2, 0.25) is 0 Å². The molecule has 0 atom stereocenters. The molecule has 2 aromatic rings. The van der Waals surface area contributed by atoms with Crippen LogP contribution >= 0.6 is 15.9 Å². The summed E-state index contributed by atoms with van der Waals surface area (Å²) in [4.78, 5) is 8.68. The van der Waals surface area contributed by atoms with Crippen LogP contribution in [0, 0.1) is 0 Å². The molecule has 0 saturated heterocycles. The molecule has 0 bridgehead atoms. The standard InChI is InChI=1S/C10H11BrN4/c1-15-8(6-12)14-9(10(15)11)7-4-2-3-5-13-7/h2-5H,6,12H2,1H3. The van der Waals surface area contributed by atoms with Gasteiger partial charge in [0.1, 0.15) is 16.1 Å². The number of aromatic nitrogens is 3. The van der Waals surface area contributed by atoms with Gasteiger partial charge in [0.05, 0.1) is 12.2 Å². The van der Waals surface area contributed by atoms with Crippen molar-refractivity contribution in [1.29, 1.82) is 0 Å². The van der Waals surface area contributed by atoms with Crippen LogP contribution in [0.3, 0.4) is 0 Å². The van der Waals surface area contributed by atoms with E-state index in [1.165, 1.54) is 0 Å². The van der Waals surface area contributed by atoms with E-state index in [2.05, 4.69) is 25.9 Å². The van der Waals surface area contributed by atoms with Gasteiger partial charge in [0, 0.05) is 13.2 Å². The molecule has 0 aromatic carbocycles. The molecular formula is C10H11BrN4. The zero-order valence-electron chi connectivity index (χ0n) is 8.31. The molecule has 2 aromatic heterocycles. The Hall–Kier alpha value is -1.20. The number of hydrogen-bond acceptors (Lipinski definition) is 3. The van der Waals surface area contributed by atoms with E-state index in [1.54, 1.807) is 6.20 Å². The number of halogens is 1. The summed E-state index contributed by atoms with van der Waals surface area (Å²) < 4.78 is 2.82. The van der Waals surface area contributed by atoms with Crippen molar-refractivity contribution in [3.8, 4) is 11.4 Å². The van der Waals surface area contributed by atoms with Gasteiger partial charge in [-0.3, -0.25) is 4.98 Å². The van der Waals surface area contributed by atoms with Crippen molar-refractivity contribution in [1.82, 2.24) is 14.5 Å². The summed E-state index contributed by atoms with van der Waals surface area (Å²) in [6, 6.07) is 5.74. The summed E-state index contributed by atoms with van der Waals surface area (Å²) in [7, 11) is 1.92. The summed E-state index contributed by atoms with van der Waals surface area (Å²) in [5.74, 6) is 0.836. The predicted molar refractivity (Wildman–Crippen MR) is 62.0 cm³/mol. The Morgan fingerprint density at radius 2 is 2.27 bits per heavy atom. The zero-order valence-corrected chi connectivity index (χ0v) is 9.90. The Kier molecular flexibility index (Phi) is 2.83. The third-order valence-corrected chi connectivity index (χ3v) is 3.12. The molecule has 0 aliphatic carbocycles. The summed E-state index contributed by atoms with van der Waals surface area (Å²) in [6.45, 7) is 0.419. The fourth-order valence-electron chi connectivity index (χ4n) is 1.37. The third-order valence-electron chi connectivity index (χ3n) is 2.21. The van der Waals surface area contributed by atoms with Crippen molar-refractivity contribution in [2.75, 3.05) is 0 Å². The molecule has 0 unspecified atom stereocenters. The van der Waals surface area contributed by atoms with Crippen LogP contribution in [-0.4, -0.2) is 14.5 Å². The highest BCUT2D eigenvalue weighted by Crippen LogP contribution is 2.26. The molecule has 15 heavy (non-hydrogen) atoms. The van der Waals surface area contributed by atoms with E-state index in [1.807, 2.05) is 29.8 Å². The Balaban J connectivity index is 2.55. The van der Waals surface area contributed by atoms with Gasteiger partial charge in [0.2, 0.25) is 0 Å². The number of imidazole rings is 1. The second-order valence-electron chi connectivity index (χ2n) is 3.15. The van der Waals surface area contributed by atoms with Gasteiger partial charge in [-0.2, -0.15) is 0 Å². The van der Waals surface area contributed by atoms with Crippen LogP contribution in [-0.2, 0) is 13.6 Å². The Labute approximate surface area is 96.3 Å². The van der Waals surface area contributed by atoms with Gasteiger partial charge in [-0.1, -0.05) is 6.07 Å². The molecule has 2 rings (SSSR count). The molecule has 0 amide bonds. The van der Waals surface area contributed by atoms with Crippen LogP contribution in [0.25, 0.3) is 11.4 Å². The lowest BCUT2D eigenvalue weighted by molar-refractivity contribution is 0.781.